The van der Waals surface area contributed by atoms with Gasteiger partial charge in [0.05, 0.1) is 12.0 Å². The van der Waals surface area contributed by atoms with Crippen LogP contribution < -0.4 is 5.73 Å². The Morgan fingerprint density at radius 3 is 2.57 bits per heavy atom. The van der Waals surface area contributed by atoms with Gasteiger partial charge in [-0.3, -0.25) is 4.90 Å². The molecule has 0 amide bonds. The standard InChI is InChI=1S/C16H23N5/c1-13-10-21(12-18-13)16-8-14(7-15(17)9-16)11-20-5-3-19(2)4-6-20/h7-10,12H,3-6,11,17H2,1-2H3. The Labute approximate surface area is 126 Å². The van der Waals surface area contributed by atoms with Crippen molar-refractivity contribution in [1.29, 1.82) is 0 Å². The van der Waals surface area contributed by atoms with Crippen molar-refractivity contribution in [3.8, 4) is 5.69 Å². The Morgan fingerprint density at radius 2 is 1.90 bits per heavy atom. The summed E-state index contributed by atoms with van der Waals surface area (Å²) in [6, 6.07) is 6.27. The van der Waals surface area contributed by atoms with Crippen LogP contribution in [0.5, 0.6) is 0 Å². The molecule has 0 unspecified atom stereocenters. The number of benzene rings is 1. The average molecular weight is 285 g/mol. The van der Waals surface area contributed by atoms with Crippen molar-refractivity contribution in [1.82, 2.24) is 19.4 Å². The van der Waals surface area contributed by atoms with Crippen molar-refractivity contribution in [2.45, 2.75) is 13.5 Å². The van der Waals surface area contributed by atoms with Crippen molar-refractivity contribution in [2.75, 3.05) is 39.0 Å². The first-order valence-electron chi connectivity index (χ1n) is 7.41. The summed E-state index contributed by atoms with van der Waals surface area (Å²) >= 11 is 0. The minimum Gasteiger partial charge on any atom is -0.399 e. The second-order valence-corrected chi connectivity index (χ2v) is 5.93. The number of nitrogens with zero attached hydrogens (tertiary/aromatic N) is 4. The smallest absolute Gasteiger partial charge is 0.0995 e. The molecule has 112 valence electrons. The lowest BCUT2D eigenvalue weighted by molar-refractivity contribution is 0.148. The maximum absolute atomic E-state index is 6.07. The van der Waals surface area contributed by atoms with Gasteiger partial charge in [0.25, 0.3) is 0 Å². The van der Waals surface area contributed by atoms with Gasteiger partial charge in [-0.15, -0.1) is 0 Å². The van der Waals surface area contributed by atoms with E-state index >= 15 is 0 Å². The van der Waals surface area contributed by atoms with Crippen molar-refractivity contribution < 1.29 is 0 Å². The molecule has 3 rings (SSSR count). The van der Waals surface area contributed by atoms with Gasteiger partial charge < -0.3 is 15.2 Å². The van der Waals surface area contributed by atoms with Crippen LogP contribution in [0.3, 0.4) is 0 Å². The van der Waals surface area contributed by atoms with E-state index in [2.05, 4.69) is 34.0 Å². The largest absolute Gasteiger partial charge is 0.399 e. The summed E-state index contributed by atoms with van der Waals surface area (Å²) in [5.41, 5.74) is 10.2. The molecular formula is C16H23N5. The summed E-state index contributed by atoms with van der Waals surface area (Å²) in [6.45, 7) is 7.45. The Balaban J connectivity index is 1.78. The molecule has 2 heterocycles. The monoisotopic (exact) mass is 285 g/mol. The number of rotatable bonds is 3. The molecular weight excluding hydrogens is 262 g/mol. The number of nitrogens with two attached hydrogens (primary N) is 1. The van der Waals surface area contributed by atoms with E-state index in [1.54, 1.807) is 0 Å². The zero-order valence-corrected chi connectivity index (χ0v) is 12.8. The fourth-order valence-corrected chi connectivity index (χ4v) is 2.77. The SMILES string of the molecule is Cc1cn(-c2cc(N)cc(CN3CCN(C)CC3)c2)cn1. The molecule has 0 radical (unpaired) electrons. The molecule has 1 saturated heterocycles. The van der Waals surface area contributed by atoms with Crippen molar-refractivity contribution >= 4 is 5.69 Å². The summed E-state index contributed by atoms with van der Waals surface area (Å²) in [6.07, 6.45) is 3.86. The molecule has 1 fully saturated rings. The van der Waals surface area contributed by atoms with E-state index in [4.69, 9.17) is 5.73 Å². The first-order valence-corrected chi connectivity index (χ1v) is 7.41. The highest BCUT2D eigenvalue weighted by molar-refractivity contribution is 5.51. The third kappa shape index (κ3) is 3.43. The number of piperazine rings is 1. The van der Waals surface area contributed by atoms with E-state index in [9.17, 15) is 0 Å². The lowest BCUT2D eigenvalue weighted by Gasteiger charge is -2.32. The van der Waals surface area contributed by atoms with Crippen LogP contribution in [0.15, 0.2) is 30.7 Å². The molecule has 1 aliphatic rings. The number of hydrogen-bond donors (Lipinski definition) is 1. The lowest BCUT2D eigenvalue weighted by Crippen LogP contribution is -2.43. The van der Waals surface area contributed by atoms with Gasteiger partial charge in [0.1, 0.15) is 0 Å². The quantitative estimate of drug-likeness (QED) is 0.869. The van der Waals surface area contributed by atoms with Gasteiger partial charge >= 0.3 is 0 Å². The van der Waals surface area contributed by atoms with Crippen LogP contribution in [0.1, 0.15) is 11.3 Å². The van der Waals surface area contributed by atoms with E-state index in [-0.39, 0.29) is 0 Å². The van der Waals surface area contributed by atoms with Crippen LogP contribution in [-0.2, 0) is 6.54 Å². The molecule has 0 spiro atoms. The number of aryl methyl sites for hydroxylation is 1. The van der Waals surface area contributed by atoms with Gasteiger partial charge in [0, 0.05) is 50.3 Å². The second-order valence-electron chi connectivity index (χ2n) is 5.93. The second kappa shape index (κ2) is 5.87. The number of likely N-dealkylation sites (N-methyl/N-ethyl adjacent to an activating group) is 1. The molecule has 2 aromatic rings. The van der Waals surface area contributed by atoms with Crippen LogP contribution in [0, 0.1) is 6.92 Å². The highest BCUT2D eigenvalue weighted by Crippen LogP contribution is 2.18. The predicted molar refractivity (Wildman–Crippen MR) is 85.5 cm³/mol. The van der Waals surface area contributed by atoms with Crippen LogP contribution in [0.2, 0.25) is 0 Å². The van der Waals surface area contributed by atoms with E-state index in [0.717, 1.165) is 49.8 Å². The molecule has 1 aromatic heterocycles. The van der Waals surface area contributed by atoms with Crippen molar-refractivity contribution in [3.05, 3.63) is 42.0 Å². The van der Waals surface area contributed by atoms with Crippen molar-refractivity contribution in [3.63, 3.8) is 0 Å². The van der Waals surface area contributed by atoms with Gasteiger partial charge in [-0.2, -0.15) is 0 Å². The molecule has 0 aliphatic carbocycles. The average Bonchev–Trinajstić information content (AvgIpc) is 2.88. The zero-order valence-electron chi connectivity index (χ0n) is 12.8. The fourth-order valence-electron chi connectivity index (χ4n) is 2.77. The first kappa shape index (κ1) is 14.1. The third-order valence-corrected chi connectivity index (χ3v) is 4.01. The Bertz CT molecular complexity index is 611. The van der Waals surface area contributed by atoms with Crippen molar-refractivity contribution in [2.24, 2.45) is 0 Å². The normalized spacial score (nSPS) is 17.2. The molecule has 0 bridgehead atoms. The minimum atomic E-state index is 0.808. The van der Waals surface area contributed by atoms with Gasteiger partial charge in [-0.05, 0) is 37.7 Å². The molecule has 0 atom stereocenters. The zero-order chi connectivity index (χ0) is 14.8. The van der Waals surface area contributed by atoms with E-state index in [1.807, 2.05) is 30.1 Å². The van der Waals surface area contributed by atoms with Gasteiger partial charge in [-0.25, -0.2) is 4.98 Å². The topological polar surface area (TPSA) is 50.3 Å². The molecule has 5 heteroatoms. The van der Waals surface area contributed by atoms with Gasteiger partial charge in [0.15, 0.2) is 0 Å². The molecule has 5 nitrogen and oxygen atoms in total. The molecule has 2 N–H and O–H groups in total. The Morgan fingerprint density at radius 1 is 1.14 bits per heavy atom. The number of nitrogen functional groups attached to an aromatic ring is 1. The lowest BCUT2D eigenvalue weighted by atomic mass is 10.1. The highest BCUT2D eigenvalue weighted by Gasteiger charge is 2.14. The molecule has 0 saturated carbocycles. The van der Waals surface area contributed by atoms with Crippen LogP contribution in [0.4, 0.5) is 5.69 Å². The van der Waals surface area contributed by atoms with E-state index in [0.29, 0.717) is 0 Å². The Hall–Kier alpha value is -1.85. The summed E-state index contributed by atoms with van der Waals surface area (Å²) in [4.78, 5) is 9.14. The maximum atomic E-state index is 6.07. The van der Waals surface area contributed by atoms with E-state index in [1.165, 1.54) is 5.56 Å². The fraction of sp³-hybridized carbons (Fsp3) is 0.438. The van der Waals surface area contributed by atoms with Gasteiger partial charge in [-0.1, -0.05) is 0 Å². The summed E-state index contributed by atoms with van der Waals surface area (Å²) in [7, 11) is 2.18. The number of imidazole rings is 1. The Kier molecular flexibility index (Phi) is 3.94. The number of aromatic nitrogens is 2. The number of hydrogen-bond acceptors (Lipinski definition) is 4. The third-order valence-electron chi connectivity index (χ3n) is 4.01. The maximum Gasteiger partial charge on any atom is 0.0995 e. The van der Waals surface area contributed by atoms with E-state index < -0.39 is 0 Å². The van der Waals surface area contributed by atoms with Gasteiger partial charge in [0.2, 0.25) is 0 Å². The predicted octanol–water partition coefficient (Wildman–Crippen LogP) is 1.51. The molecule has 21 heavy (non-hydrogen) atoms. The summed E-state index contributed by atoms with van der Waals surface area (Å²) < 4.78 is 2.03. The number of anilines is 1. The minimum absolute atomic E-state index is 0.808. The van der Waals surface area contributed by atoms with Crippen LogP contribution in [0.25, 0.3) is 5.69 Å². The molecule has 1 aliphatic heterocycles. The molecule has 1 aromatic carbocycles. The van der Waals surface area contributed by atoms with Crippen LogP contribution in [-0.4, -0.2) is 52.6 Å². The summed E-state index contributed by atoms with van der Waals surface area (Å²) in [5.74, 6) is 0. The summed E-state index contributed by atoms with van der Waals surface area (Å²) in [5, 5.41) is 0. The highest BCUT2D eigenvalue weighted by atomic mass is 15.2. The van der Waals surface area contributed by atoms with Crippen LogP contribution >= 0.6 is 0 Å². The first-order chi connectivity index (χ1) is 10.1.